The fourth-order valence-corrected chi connectivity index (χ4v) is 4.53. The van der Waals surface area contributed by atoms with Crippen molar-refractivity contribution in [2.75, 3.05) is 18.6 Å². The second-order valence-corrected chi connectivity index (χ2v) is 8.77. The van der Waals surface area contributed by atoms with Crippen LogP contribution in [0.2, 0.25) is 5.02 Å². The first kappa shape index (κ1) is 24.4. The molecule has 3 aromatic carbocycles. The quantitative estimate of drug-likeness (QED) is 0.260. The van der Waals surface area contributed by atoms with Gasteiger partial charge in [0.1, 0.15) is 17.3 Å². The van der Waals surface area contributed by atoms with Crippen LogP contribution >= 0.6 is 11.6 Å². The number of hydrogen-bond acceptors (Lipinski definition) is 5. The van der Waals surface area contributed by atoms with Gasteiger partial charge in [-0.15, -0.1) is 0 Å². The average Bonchev–Trinajstić information content (AvgIpc) is 3.10. The number of amides is 1. The molecule has 0 aliphatic carbocycles. The van der Waals surface area contributed by atoms with Crippen molar-refractivity contribution in [1.29, 1.82) is 0 Å². The molecular weight excluding hydrogens is 466 g/mol. The second-order valence-electron chi connectivity index (χ2n) is 8.37. The molecule has 35 heavy (non-hydrogen) atoms. The Morgan fingerprint density at radius 3 is 2.26 bits per heavy atom. The standard InChI is InChI=1S/C28H26ClNO5/c1-5-35-23-15-19(8-11-22(23)29)26(31)24-25(18-6-9-21(34-4)10-7-18)30(28(33)27(24)32)20-13-16(2)12-17(3)14-20/h6-15,25,31H,5H2,1-4H3/b26-24-. The van der Waals surface area contributed by atoms with Crippen LogP contribution in [0.5, 0.6) is 11.5 Å². The van der Waals surface area contributed by atoms with Gasteiger partial charge in [-0.3, -0.25) is 14.5 Å². The average molecular weight is 492 g/mol. The van der Waals surface area contributed by atoms with Gasteiger partial charge in [-0.2, -0.15) is 0 Å². The summed E-state index contributed by atoms with van der Waals surface area (Å²) in [4.78, 5) is 28.2. The van der Waals surface area contributed by atoms with Gasteiger partial charge in [0, 0.05) is 11.3 Å². The molecule has 7 heteroatoms. The molecule has 1 amide bonds. The van der Waals surface area contributed by atoms with Crippen LogP contribution in [-0.4, -0.2) is 30.5 Å². The lowest BCUT2D eigenvalue weighted by Crippen LogP contribution is -2.29. The Morgan fingerprint density at radius 2 is 1.66 bits per heavy atom. The first-order chi connectivity index (χ1) is 16.7. The van der Waals surface area contributed by atoms with E-state index in [-0.39, 0.29) is 11.3 Å². The van der Waals surface area contributed by atoms with Gasteiger partial charge in [0.05, 0.1) is 30.4 Å². The summed E-state index contributed by atoms with van der Waals surface area (Å²) in [5, 5.41) is 11.7. The van der Waals surface area contributed by atoms with Crippen molar-refractivity contribution in [3.05, 3.63) is 93.5 Å². The molecule has 0 aromatic heterocycles. The minimum absolute atomic E-state index is 0.0101. The molecule has 4 rings (SSSR count). The second kappa shape index (κ2) is 9.84. The summed E-state index contributed by atoms with van der Waals surface area (Å²) < 4.78 is 10.8. The summed E-state index contributed by atoms with van der Waals surface area (Å²) >= 11 is 6.21. The molecule has 0 spiro atoms. The lowest BCUT2D eigenvalue weighted by atomic mass is 9.95. The molecule has 3 aromatic rings. The summed E-state index contributed by atoms with van der Waals surface area (Å²) in [5.41, 5.74) is 3.46. The Kier molecular flexibility index (Phi) is 6.85. The lowest BCUT2D eigenvalue weighted by molar-refractivity contribution is -0.132. The molecule has 1 saturated heterocycles. The summed E-state index contributed by atoms with van der Waals surface area (Å²) in [7, 11) is 1.56. The highest BCUT2D eigenvalue weighted by Gasteiger charge is 2.47. The molecule has 0 bridgehead atoms. The number of carbonyl (C=O) groups excluding carboxylic acids is 2. The number of hydrogen-bond donors (Lipinski definition) is 1. The Morgan fingerprint density at radius 1 is 1.00 bits per heavy atom. The molecule has 1 aliphatic heterocycles. The predicted molar refractivity (Wildman–Crippen MR) is 136 cm³/mol. The maximum absolute atomic E-state index is 13.4. The van der Waals surface area contributed by atoms with Crippen molar-refractivity contribution in [3.63, 3.8) is 0 Å². The van der Waals surface area contributed by atoms with Crippen LogP contribution < -0.4 is 14.4 Å². The van der Waals surface area contributed by atoms with Crippen LogP contribution in [0.4, 0.5) is 5.69 Å². The number of anilines is 1. The van der Waals surface area contributed by atoms with E-state index in [2.05, 4.69) is 0 Å². The zero-order valence-corrected chi connectivity index (χ0v) is 20.7. The van der Waals surface area contributed by atoms with Crippen LogP contribution in [0.3, 0.4) is 0 Å². The molecule has 1 heterocycles. The normalized spacial score (nSPS) is 17.1. The van der Waals surface area contributed by atoms with Gasteiger partial charge in [0.25, 0.3) is 11.7 Å². The zero-order valence-electron chi connectivity index (χ0n) is 20.0. The number of ether oxygens (including phenoxy) is 2. The van der Waals surface area contributed by atoms with Gasteiger partial charge >= 0.3 is 0 Å². The number of rotatable bonds is 6. The number of aliphatic hydroxyl groups is 1. The number of carbonyl (C=O) groups is 2. The molecule has 1 atom stereocenters. The van der Waals surface area contributed by atoms with Crippen LogP contribution in [0.1, 0.15) is 35.2 Å². The van der Waals surface area contributed by atoms with Crippen molar-refractivity contribution >= 4 is 34.7 Å². The first-order valence-corrected chi connectivity index (χ1v) is 11.6. The molecule has 0 radical (unpaired) electrons. The highest BCUT2D eigenvalue weighted by atomic mass is 35.5. The third kappa shape index (κ3) is 4.62. The van der Waals surface area contributed by atoms with E-state index in [1.165, 1.54) is 4.90 Å². The predicted octanol–water partition coefficient (Wildman–Crippen LogP) is 5.99. The van der Waals surface area contributed by atoms with E-state index in [9.17, 15) is 14.7 Å². The lowest BCUT2D eigenvalue weighted by Gasteiger charge is -2.26. The number of nitrogens with zero attached hydrogens (tertiary/aromatic N) is 1. The summed E-state index contributed by atoms with van der Waals surface area (Å²) in [6, 6.07) is 16.7. The molecule has 1 aliphatic rings. The molecule has 6 nitrogen and oxygen atoms in total. The van der Waals surface area contributed by atoms with Crippen LogP contribution in [-0.2, 0) is 9.59 Å². The molecule has 1 N–H and O–H groups in total. The Bertz CT molecular complexity index is 1310. The molecule has 180 valence electrons. The summed E-state index contributed by atoms with van der Waals surface area (Å²) in [6.07, 6.45) is 0. The first-order valence-electron chi connectivity index (χ1n) is 11.2. The highest BCUT2D eigenvalue weighted by molar-refractivity contribution is 6.51. The maximum atomic E-state index is 13.4. The van der Waals surface area contributed by atoms with Gasteiger partial charge in [-0.05, 0) is 79.9 Å². The minimum Gasteiger partial charge on any atom is -0.507 e. The summed E-state index contributed by atoms with van der Waals surface area (Å²) in [5.74, 6) is -0.765. The fraction of sp³-hybridized carbons (Fsp3) is 0.214. The third-order valence-corrected chi connectivity index (χ3v) is 6.18. The molecule has 1 unspecified atom stereocenters. The van der Waals surface area contributed by atoms with E-state index in [0.717, 1.165) is 11.1 Å². The number of benzene rings is 3. The fourth-order valence-electron chi connectivity index (χ4n) is 4.36. The van der Waals surface area contributed by atoms with E-state index in [0.29, 0.717) is 39.9 Å². The van der Waals surface area contributed by atoms with Crippen molar-refractivity contribution in [2.45, 2.75) is 26.8 Å². The Labute approximate surface area is 209 Å². The Balaban J connectivity index is 1.94. The number of Topliss-reactive ketones (excluding diaryl/α,β-unsaturated/α-hetero) is 1. The van der Waals surface area contributed by atoms with Gasteiger partial charge < -0.3 is 14.6 Å². The molecule has 0 saturated carbocycles. The molecule has 1 fully saturated rings. The van der Waals surface area contributed by atoms with Crippen molar-refractivity contribution in [1.82, 2.24) is 0 Å². The van der Waals surface area contributed by atoms with Crippen LogP contribution in [0, 0.1) is 13.8 Å². The van der Waals surface area contributed by atoms with Crippen LogP contribution in [0.15, 0.2) is 66.2 Å². The van der Waals surface area contributed by atoms with E-state index in [1.807, 2.05) is 39.0 Å². The number of halogens is 1. The molecular formula is C28H26ClNO5. The number of aryl methyl sites for hydroxylation is 2. The Hall–Kier alpha value is -3.77. The van der Waals surface area contributed by atoms with E-state index >= 15 is 0 Å². The van der Waals surface area contributed by atoms with E-state index in [1.54, 1.807) is 49.6 Å². The van der Waals surface area contributed by atoms with Crippen molar-refractivity contribution in [3.8, 4) is 11.5 Å². The number of methoxy groups -OCH3 is 1. The van der Waals surface area contributed by atoms with Crippen LogP contribution in [0.25, 0.3) is 5.76 Å². The van der Waals surface area contributed by atoms with Gasteiger partial charge in [-0.25, -0.2) is 0 Å². The zero-order chi connectivity index (χ0) is 25.3. The SMILES string of the molecule is CCOc1cc(/C(O)=C2/C(=O)C(=O)N(c3cc(C)cc(C)c3)C2c2ccc(OC)cc2)ccc1Cl. The van der Waals surface area contributed by atoms with E-state index < -0.39 is 17.7 Å². The van der Waals surface area contributed by atoms with Gasteiger partial charge in [-0.1, -0.05) is 29.8 Å². The number of aliphatic hydroxyl groups excluding tert-OH is 1. The minimum atomic E-state index is -0.840. The highest BCUT2D eigenvalue weighted by Crippen LogP contribution is 2.43. The third-order valence-electron chi connectivity index (χ3n) is 5.87. The smallest absolute Gasteiger partial charge is 0.300 e. The summed E-state index contributed by atoms with van der Waals surface area (Å²) in [6.45, 7) is 6.06. The monoisotopic (exact) mass is 491 g/mol. The van der Waals surface area contributed by atoms with Crippen molar-refractivity contribution in [2.24, 2.45) is 0 Å². The van der Waals surface area contributed by atoms with Gasteiger partial charge in [0.15, 0.2) is 0 Å². The largest absolute Gasteiger partial charge is 0.507 e. The topological polar surface area (TPSA) is 76.1 Å². The number of ketones is 1. The maximum Gasteiger partial charge on any atom is 0.300 e. The van der Waals surface area contributed by atoms with Gasteiger partial charge in [0.2, 0.25) is 0 Å². The van der Waals surface area contributed by atoms with Crippen molar-refractivity contribution < 1.29 is 24.2 Å². The van der Waals surface area contributed by atoms with E-state index in [4.69, 9.17) is 21.1 Å².